The number of rotatable bonds is 5. The van der Waals surface area contributed by atoms with E-state index in [1.807, 2.05) is 43.3 Å². The van der Waals surface area contributed by atoms with Gasteiger partial charge in [0.1, 0.15) is 5.75 Å². The van der Waals surface area contributed by atoms with Crippen LogP contribution < -0.4 is 14.4 Å². The molecule has 0 aromatic heterocycles. The van der Waals surface area contributed by atoms with Gasteiger partial charge in [-0.05, 0) is 41.0 Å². The van der Waals surface area contributed by atoms with Crippen LogP contribution in [0, 0.1) is 0 Å². The van der Waals surface area contributed by atoms with Gasteiger partial charge < -0.3 is 10.1 Å². The zero-order chi connectivity index (χ0) is 22.1. The van der Waals surface area contributed by atoms with Gasteiger partial charge >= 0.3 is 0 Å². The molecule has 0 radical (unpaired) electrons. The van der Waals surface area contributed by atoms with E-state index in [4.69, 9.17) is 4.74 Å². The maximum absolute atomic E-state index is 13.0. The van der Waals surface area contributed by atoms with Crippen LogP contribution in [0.1, 0.15) is 33.3 Å². The van der Waals surface area contributed by atoms with Gasteiger partial charge in [0.15, 0.2) is 6.10 Å². The zero-order valence-electron chi connectivity index (χ0n) is 17.9. The summed E-state index contributed by atoms with van der Waals surface area (Å²) in [6, 6.07) is 13.0. The van der Waals surface area contributed by atoms with Gasteiger partial charge in [0, 0.05) is 4.90 Å². The van der Waals surface area contributed by atoms with Crippen molar-refractivity contribution in [3.8, 4) is 5.75 Å². The molecule has 8 heteroatoms. The van der Waals surface area contributed by atoms with Crippen molar-refractivity contribution in [3.63, 3.8) is 0 Å². The minimum atomic E-state index is -3.59. The fourth-order valence-electron chi connectivity index (χ4n) is 3.23. The molecule has 1 heterocycles. The summed E-state index contributed by atoms with van der Waals surface area (Å²) in [5.74, 6) is 0.882. The largest absolute Gasteiger partial charge is 0.476 e. The molecule has 0 spiro atoms. The van der Waals surface area contributed by atoms with Crippen LogP contribution in [0.25, 0.3) is 0 Å². The molecule has 162 valence electrons. The van der Waals surface area contributed by atoms with E-state index in [0.717, 1.165) is 22.5 Å². The average molecular weight is 449 g/mol. The lowest BCUT2D eigenvalue weighted by molar-refractivity contribution is -0.122. The number of hydrogen-bond donors (Lipinski definition) is 1. The maximum atomic E-state index is 13.0. The molecule has 2 aromatic rings. The lowest BCUT2D eigenvalue weighted by atomic mass is 9.86. The van der Waals surface area contributed by atoms with Crippen molar-refractivity contribution >= 4 is 39.1 Å². The smallest absolute Gasteiger partial charge is 0.267 e. The molecule has 6 nitrogen and oxygen atoms in total. The Morgan fingerprint density at radius 2 is 1.93 bits per heavy atom. The quantitative estimate of drug-likeness (QED) is 0.692. The standard InChI is InChI=1S/C22H28N2O4S2/c1-6-29-20-10-8-7-9-16(20)23-21(25)19-14-24(30(5,26)27)17-13-15(22(2,3)4)11-12-18(17)28-19/h7-13,19H,6,14H2,1-5H3,(H,23,25)/t19-/m1/s1. The molecule has 30 heavy (non-hydrogen) atoms. The Morgan fingerprint density at radius 3 is 2.57 bits per heavy atom. The van der Waals surface area contributed by atoms with Gasteiger partial charge in [0.25, 0.3) is 5.91 Å². The Labute approximate surface area is 183 Å². The lowest BCUT2D eigenvalue weighted by Gasteiger charge is -2.35. The number of fused-ring (bicyclic) bond motifs is 1. The summed E-state index contributed by atoms with van der Waals surface area (Å²) in [5, 5.41) is 2.90. The van der Waals surface area contributed by atoms with Gasteiger partial charge in [-0.1, -0.05) is 45.9 Å². The second-order valence-corrected chi connectivity index (χ2v) is 11.5. The predicted molar refractivity (Wildman–Crippen MR) is 123 cm³/mol. The Hall–Kier alpha value is -2.19. The lowest BCUT2D eigenvalue weighted by Crippen LogP contribution is -2.48. The number of carbonyl (C=O) groups is 1. The van der Waals surface area contributed by atoms with Crippen LogP contribution >= 0.6 is 11.8 Å². The van der Waals surface area contributed by atoms with Gasteiger partial charge in [0.05, 0.1) is 24.2 Å². The van der Waals surface area contributed by atoms with Crippen molar-refractivity contribution in [3.05, 3.63) is 48.0 Å². The van der Waals surface area contributed by atoms with E-state index in [-0.39, 0.29) is 17.9 Å². The fourth-order valence-corrected chi connectivity index (χ4v) is 4.90. The Morgan fingerprint density at radius 1 is 1.23 bits per heavy atom. The molecule has 2 aromatic carbocycles. The number of sulfonamides is 1. The molecule has 0 fully saturated rings. The van der Waals surface area contributed by atoms with Crippen molar-refractivity contribution in [1.29, 1.82) is 0 Å². The van der Waals surface area contributed by atoms with Crippen molar-refractivity contribution in [2.75, 3.05) is 28.2 Å². The number of ether oxygens (including phenoxy) is 1. The Bertz CT molecular complexity index is 1050. The third-order valence-electron chi connectivity index (χ3n) is 4.83. The molecule has 1 aliphatic rings. The van der Waals surface area contributed by atoms with E-state index >= 15 is 0 Å². The summed E-state index contributed by atoms with van der Waals surface area (Å²) in [5.41, 5.74) is 2.01. The highest BCUT2D eigenvalue weighted by atomic mass is 32.2. The van der Waals surface area contributed by atoms with Crippen molar-refractivity contribution in [2.45, 2.75) is 44.1 Å². The van der Waals surface area contributed by atoms with Crippen LogP contribution in [0.5, 0.6) is 5.75 Å². The monoisotopic (exact) mass is 448 g/mol. The predicted octanol–water partition coefficient (Wildman–Crippen LogP) is 4.26. The zero-order valence-corrected chi connectivity index (χ0v) is 19.6. The molecule has 1 aliphatic heterocycles. The molecule has 0 saturated carbocycles. The van der Waals surface area contributed by atoms with Crippen LogP contribution in [0.2, 0.25) is 0 Å². The number of para-hydroxylation sites is 1. The summed E-state index contributed by atoms with van der Waals surface area (Å²) in [6.07, 6.45) is 0.195. The SMILES string of the molecule is CCSc1ccccc1NC(=O)[C@H]1CN(S(C)(=O)=O)c2cc(C(C)(C)C)ccc2O1. The number of hydrogen-bond acceptors (Lipinski definition) is 5. The van der Waals surface area contributed by atoms with Gasteiger partial charge in [-0.2, -0.15) is 0 Å². The second-order valence-electron chi connectivity index (χ2n) is 8.25. The van der Waals surface area contributed by atoms with Crippen molar-refractivity contribution < 1.29 is 17.9 Å². The maximum Gasteiger partial charge on any atom is 0.267 e. The first kappa shape index (κ1) is 22.5. The molecule has 1 atom stereocenters. The topological polar surface area (TPSA) is 75.7 Å². The minimum absolute atomic E-state index is 0.0750. The number of anilines is 2. The Kier molecular flexibility index (Phi) is 6.38. The summed E-state index contributed by atoms with van der Waals surface area (Å²) in [6.45, 7) is 8.15. The van der Waals surface area contributed by atoms with Crippen LogP contribution in [0.3, 0.4) is 0 Å². The first-order chi connectivity index (χ1) is 14.0. The van der Waals surface area contributed by atoms with Gasteiger partial charge in [-0.25, -0.2) is 8.42 Å². The highest BCUT2D eigenvalue weighted by molar-refractivity contribution is 7.99. The molecule has 1 amide bonds. The molecule has 3 rings (SSSR count). The molecule has 0 unspecified atom stereocenters. The number of nitrogens with zero attached hydrogens (tertiary/aromatic N) is 1. The highest BCUT2D eigenvalue weighted by Gasteiger charge is 2.36. The van der Waals surface area contributed by atoms with Gasteiger partial charge in [0.2, 0.25) is 10.0 Å². The van der Waals surface area contributed by atoms with E-state index in [2.05, 4.69) is 26.1 Å². The third-order valence-corrected chi connectivity index (χ3v) is 6.93. The number of nitrogens with one attached hydrogen (secondary N) is 1. The normalized spacial score (nSPS) is 16.6. The Balaban J connectivity index is 1.92. The number of carbonyl (C=O) groups excluding carboxylic acids is 1. The van der Waals surface area contributed by atoms with E-state index in [9.17, 15) is 13.2 Å². The molecule has 0 saturated heterocycles. The summed E-state index contributed by atoms with van der Waals surface area (Å²) in [7, 11) is -3.59. The molecule has 0 aliphatic carbocycles. The summed E-state index contributed by atoms with van der Waals surface area (Å²) >= 11 is 1.63. The van der Waals surface area contributed by atoms with E-state index in [1.54, 1.807) is 17.8 Å². The van der Waals surface area contributed by atoms with Crippen molar-refractivity contribution in [1.82, 2.24) is 0 Å². The molecule has 0 bridgehead atoms. The molecule has 1 N–H and O–H groups in total. The van der Waals surface area contributed by atoms with E-state index < -0.39 is 16.1 Å². The molecular formula is C22H28N2O4S2. The first-order valence-corrected chi connectivity index (χ1v) is 12.7. The van der Waals surface area contributed by atoms with E-state index in [0.29, 0.717) is 17.1 Å². The molecular weight excluding hydrogens is 420 g/mol. The number of benzene rings is 2. The summed E-state index contributed by atoms with van der Waals surface area (Å²) < 4.78 is 32.2. The summed E-state index contributed by atoms with van der Waals surface area (Å²) in [4.78, 5) is 13.9. The van der Waals surface area contributed by atoms with Crippen LogP contribution in [0.15, 0.2) is 47.4 Å². The third kappa shape index (κ3) is 4.92. The van der Waals surface area contributed by atoms with Gasteiger partial charge in [-0.15, -0.1) is 11.8 Å². The van der Waals surface area contributed by atoms with E-state index in [1.165, 1.54) is 4.31 Å². The fraction of sp³-hybridized carbons (Fsp3) is 0.409. The first-order valence-electron chi connectivity index (χ1n) is 9.82. The average Bonchev–Trinajstić information content (AvgIpc) is 2.67. The number of thioether (sulfide) groups is 1. The van der Waals surface area contributed by atoms with Crippen LogP contribution in [0.4, 0.5) is 11.4 Å². The highest BCUT2D eigenvalue weighted by Crippen LogP contribution is 2.39. The van der Waals surface area contributed by atoms with Crippen LogP contribution in [-0.2, 0) is 20.2 Å². The number of amides is 1. The second kappa shape index (κ2) is 8.51. The van der Waals surface area contributed by atoms with Crippen LogP contribution in [-0.4, -0.2) is 39.0 Å². The minimum Gasteiger partial charge on any atom is -0.476 e. The van der Waals surface area contributed by atoms with Crippen molar-refractivity contribution in [2.24, 2.45) is 0 Å². The van der Waals surface area contributed by atoms with Gasteiger partial charge in [-0.3, -0.25) is 9.10 Å².